The Morgan fingerprint density at radius 2 is 1.75 bits per heavy atom. The lowest BCUT2D eigenvalue weighted by molar-refractivity contribution is 0.0952. The van der Waals surface area contributed by atoms with E-state index in [1.807, 2.05) is 31.2 Å². The van der Waals surface area contributed by atoms with E-state index in [4.69, 9.17) is 4.42 Å². The summed E-state index contributed by atoms with van der Waals surface area (Å²) in [6.45, 7) is 2.29. The zero-order chi connectivity index (χ0) is 22.9. The zero-order valence-corrected chi connectivity index (χ0v) is 18.3. The van der Waals surface area contributed by atoms with Gasteiger partial charge in [0.25, 0.3) is 15.9 Å². The van der Waals surface area contributed by atoms with Gasteiger partial charge in [-0.3, -0.25) is 14.1 Å². The van der Waals surface area contributed by atoms with Crippen molar-refractivity contribution in [3.8, 4) is 0 Å². The number of aryl methyl sites for hydroxylation is 2. The van der Waals surface area contributed by atoms with Gasteiger partial charge in [0.15, 0.2) is 5.58 Å². The van der Waals surface area contributed by atoms with Crippen LogP contribution in [0, 0.1) is 6.92 Å². The molecular weight excluding hydrogens is 430 g/mol. The molecule has 0 bridgehead atoms. The molecule has 1 amide bonds. The van der Waals surface area contributed by atoms with Gasteiger partial charge in [0, 0.05) is 19.7 Å². The van der Waals surface area contributed by atoms with E-state index in [-0.39, 0.29) is 21.7 Å². The van der Waals surface area contributed by atoms with Gasteiger partial charge in [-0.1, -0.05) is 42.0 Å². The molecule has 0 saturated heterocycles. The third kappa shape index (κ3) is 4.28. The van der Waals surface area contributed by atoms with Gasteiger partial charge in [-0.15, -0.1) is 0 Å². The molecule has 2 N–H and O–H groups in total. The molecule has 1 aromatic heterocycles. The monoisotopic (exact) mass is 451 g/mol. The van der Waals surface area contributed by atoms with Crippen molar-refractivity contribution in [2.45, 2.75) is 18.4 Å². The van der Waals surface area contributed by atoms with Crippen molar-refractivity contribution in [3.05, 3.63) is 94.0 Å². The van der Waals surface area contributed by atoms with E-state index in [0.29, 0.717) is 12.1 Å². The number of fused-ring (bicyclic) bond motifs is 1. The van der Waals surface area contributed by atoms with Crippen LogP contribution in [0.1, 0.15) is 21.5 Å². The SMILES string of the molecule is Cc1ccc(CNC(=O)c2ccccc2NS(=O)(=O)c2ccc3c(c2)oc(=O)n3C)cc1. The maximum absolute atomic E-state index is 13.0. The number of nitrogens with one attached hydrogen (secondary N) is 2. The molecule has 0 aliphatic heterocycles. The van der Waals surface area contributed by atoms with E-state index in [1.54, 1.807) is 18.2 Å². The number of carbonyl (C=O) groups excluding carboxylic acids is 1. The minimum atomic E-state index is -4.04. The number of hydrogen-bond donors (Lipinski definition) is 2. The quantitative estimate of drug-likeness (QED) is 0.468. The fraction of sp³-hybridized carbons (Fsp3) is 0.130. The van der Waals surface area contributed by atoms with E-state index in [2.05, 4.69) is 10.0 Å². The summed E-state index contributed by atoms with van der Waals surface area (Å²) in [5.74, 6) is -0.994. The first-order valence-electron chi connectivity index (χ1n) is 9.80. The highest BCUT2D eigenvalue weighted by Crippen LogP contribution is 2.23. The zero-order valence-electron chi connectivity index (χ0n) is 17.5. The molecular formula is C23H21N3O5S. The maximum Gasteiger partial charge on any atom is 0.419 e. The molecule has 0 atom stereocenters. The van der Waals surface area contributed by atoms with E-state index < -0.39 is 21.7 Å². The second kappa shape index (κ2) is 8.35. The van der Waals surface area contributed by atoms with E-state index >= 15 is 0 Å². The van der Waals surface area contributed by atoms with Crippen LogP contribution >= 0.6 is 0 Å². The van der Waals surface area contributed by atoms with Gasteiger partial charge in [-0.25, -0.2) is 13.2 Å². The predicted octanol–water partition coefficient (Wildman–Crippen LogP) is 3.17. The summed E-state index contributed by atoms with van der Waals surface area (Å²) in [6, 6.07) is 18.2. The Kier molecular flexibility index (Phi) is 5.58. The molecule has 0 aliphatic rings. The molecule has 8 nitrogen and oxygen atoms in total. The summed E-state index contributed by atoms with van der Waals surface area (Å²) in [5, 5.41) is 2.81. The van der Waals surface area contributed by atoms with Gasteiger partial charge in [-0.05, 0) is 36.8 Å². The minimum absolute atomic E-state index is 0.0887. The number of aromatic nitrogens is 1. The molecule has 1 heterocycles. The molecule has 4 rings (SSSR count). The lowest BCUT2D eigenvalue weighted by Crippen LogP contribution is -2.25. The highest BCUT2D eigenvalue weighted by molar-refractivity contribution is 7.92. The minimum Gasteiger partial charge on any atom is -0.408 e. The maximum atomic E-state index is 13.0. The molecule has 0 aliphatic carbocycles. The lowest BCUT2D eigenvalue weighted by atomic mass is 10.1. The molecule has 9 heteroatoms. The number of rotatable bonds is 6. The van der Waals surface area contributed by atoms with Crippen molar-refractivity contribution >= 4 is 32.7 Å². The smallest absolute Gasteiger partial charge is 0.408 e. The van der Waals surface area contributed by atoms with Crippen molar-refractivity contribution in [3.63, 3.8) is 0 Å². The Bertz CT molecular complexity index is 1470. The Morgan fingerprint density at radius 3 is 2.50 bits per heavy atom. The van der Waals surface area contributed by atoms with Gasteiger partial charge in [-0.2, -0.15) is 0 Å². The van der Waals surface area contributed by atoms with Gasteiger partial charge in [0.1, 0.15) is 0 Å². The molecule has 3 aromatic carbocycles. The standard InChI is InChI=1S/C23H21N3O5S/c1-15-7-9-16(10-8-15)14-24-22(27)18-5-3-4-6-19(18)25-32(29,30)17-11-12-20-21(13-17)31-23(28)26(20)2/h3-13,25H,14H2,1-2H3,(H,24,27). The lowest BCUT2D eigenvalue weighted by Gasteiger charge is -2.13. The number of hydrogen-bond acceptors (Lipinski definition) is 5. The summed E-state index contributed by atoms with van der Waals surface area (Å²) in [7, 11) is -2.50. The van der Waals surface area contributed by atoms with Crippen LogP contribution in [-0.4, -0.2) is 18.9 Å². The van der Waals surface area contributed by atoms with Crippen molar-refractivity contribution in [1.82, 2.24) is 9.88 Å². The van der Waals surface area contributed by atoms with Gasteiger partial charge < -0.3 is 9.73 Å². The number of para-hydroxylation sites is 1. The first-order valence-corrected chi connectivity index (χ1v) is 11.3. The number of sulfonamides is 1. The number of anilines is 1. The third-order valence-corrected chi connectivity index (χ3v) is 6.43. The van der Waals surface area contributed by atoms with Crippen LogP contribution < -0.4 is 15.8 Å². The van der Waals surface area contributed by atoms with Gasteiger partial charge in [0.2, 0.25) is 0 Å². The first kappa shape index (κ1) is 21.4. The van der Waals surface area contributed by atoms with Crippen LogP contribution in [0.2, 0.25) is 0 Å². The average Bonchev–Trinajstić information content (AvgIpc) is 3.06. The number of oxazole rings is 1. The van der Waals surface area contributed by atoms with Crippen molar-refractivity contribution in [1.29, 1.82) is 0 Å². The topological polar surface area (TPSA) is 110 Å². The summed E-state index contributed by atoms with van der Waals surface area (Å²) >= 11 is 0. The molecule has 164 valence electrons. The highest BCUT2D eigenvalue weighted by Gasteiger charge is 2.20. The van der Waals surface area contributed by atoms with Gasteiger partial charge in [0.05, 0.1) is 21.7 Å². The first-order chi connectivity index (χ1) is 15.2. The molecule has 32 heavy (non-hydrogen) atoms. The summed E-state index contributed by atoms with van der Waals surface area (Å²) < 4.78 is 34.7. The summed E-state index contributed by atoms with van der Waals surface area (Å²) in [5.41, 5.74) is 3.01. The number of nitrogens with zero attached hydrogens (tertiary/aromatic N) is 1. The number of benzene rings is 3. The van der Waals surface area contributed by atoms with Crippen molar-refractivity contribution in [2.75, 3.05) is 4.72 Å². The fourth-order valence-electron chi connectivity index (χ4n) is 3.24. The third-order valence-electron chi connectivity index (χ3n) is 5.06. The molecule has 0 spiro atoms. The highest BCUT2D eigenvalue weighted by atomic mass is 32.2. The van der Waals surface area contributed by atoms with Crippen molar-refractivity contribution < 1.29 is 17.6 Å². The molecule has 0 radical (unpaired) electrons. The van der Waals surface area contributed by atoms with E-state index in [9.17, 15) is 18.0 Å². The van der Waals surface area contributed by atoms with Crippen LogP contribution in [0.4, 0.5) is 5.69 Å². The van der Waals surface area contributed by atoms with Gasteiger partial charge >= 0.3 is 5.76 Å². The largest absolute Gasteiger partial charge is 0.419 e. The van der Waals surface area contributed by atoms with E-state index in [1.165, 1.54) is 35.9 Å². The Balaban J connectivity index is 1.57. The fourth-order valence-corrected chi connectivity index (χ4v) is 4.33. The molecule has 4 aromatic rings. The van der Waals surface area contributed by atoms with Crippen LogP contribution in [0.15, 0.2) is 80.8 Å². The summed E-state index contributed by atoms with van der Waals surface area (Å²) in [4.78, 5) is 24.3. The van der Waals surface area contributed by atoms with Crippen LogP contribution in [0.3, 0.4) is 0 Å². The second-order valence-corrected chi connectivity index (χ2v) is 9.06. The van der Waals surface area contributed by atoms with Crippen molar-refractivity contribution in [2.24, 2.45) is 7.05 Å². The van der Waals surface area contributed by atoms with Crippen LogP contribution in [0.5, 0.6) is 0 Å². The predicted molar refractivity (Wildman–Crippen MR) is 121 cm³/mol. The van der Waals surface area contributed by atoms with Crippen LogP contribution in [0.25, 0.3) is 11.1 Å². The average molecular weight is 452 g/mol. The summed E-state index contributed by atoms with van der Waals surface area (Å²) in [6.07, 6.45) is 0. The van der Waals surface area contributed by atoms with Crippen LogP contribution in [-0.2, 0) is 23.6 Å². The Labute approximate surface area is 184 Å². The van der Waals surface area contributed by atoms with E-state index in [0.717, 1.165) is 11.1 Å². The molecule has 0 fully saturated rings. The molecule has 0 saturated carbocycles. The normalized spacial score (nSPS) is 11.4. The Hall–Kier alpha value is -3.85. The number of carbonyl (C=O) groups is 1. The Morgan fingerprint density at radius 1 is 1.03 bits per heavy atom. The second-order valence-electron chi connectivity index (χ2n) is 7.38. The molecule has 0 unspecified atom stereocenters. The number of amides is 1.